The van der Waals surface area contributed by atoms with E-state index in [1.165, 1.54) is 0 Å². The van der Waals surface area contributed by atoms with E-state index in [0.29, 0.717) is 24.3 Å². The van der Waals surface area contributed by atoms with Crippen LogP contribution in [-0.2, 0) is 17.8 Å². The number of aliphatic hydroxyl groups is 2. The second kappa shape index (κ2) is 11.7. The Hall–Kier alpha value is -3.88. The second-order valence-corrected chi connectivity index (χ2v) is 13.0. The maximum absolute atomic E-state index is 14.2. The van der Waals surface area contributed by atoms with Crippen molar-refractivity contribution in [3.05, 3.63) is 87.4 Å². The first-order valence-corrected chi connectivity index (χ1v) is 15.0. The van der Waals surface area contributed by atoms with E-state index in [1.807, 2.05) is 37.2 Å². The summed E-state index contributed by atoms with van der Waals surface area (Å²) in [4.78, 5) is 30.8. The maximum atomic E-state index is 14.2. The quantitative estimate of drug-likeness (QED) is 0.354. The van der Waals surface area contributed by atoms with Gasteiger partial charge >= 0.3 is 0 Å². The molecule has 43 heavy (non-hydrogen) atoms. The van der Waals surface area contributed by atoms with Crippen LogP contribution in [0.4, 0.5) is 0 Å². The largest absolute Gasteiger partial charge is 0.511 e. The molecular formula is C35H43N3O5. The number of allylic oxidation sites excluding steroid dienone is 3. The number of rotatable bonds is 7. The number of aromatic hydroxyl groups is 1. The number of primary amides is 1. The molecule has 0 radical (unpaired) electrons. The lowest BCUT2D eigenvalue weighted by Crippen LogP contribution is -2.50. The van der Waals surface area contributed by atoms with Crippen molar-refractivity contribution in [2.24, 2.45) is 29.4 Å². The number of nitrogens with two attached hydrogens (primary N) is 1. The van der Waals surface area contributed by atoms with Gasteiger partial charge in [0.15, 0.2) is 5.78 Å². The topological polar surface area (TPSA) is 127 Å². The normalized spacial score (nSPS) is 24.6. The molecule has 0 aromatic heterocycles. The van der Waals surface area contributed by atoms with Crippen molar-refractivity contribution >= 4 is 11.7 Å². The van der Waals surface area contributed by atoms with E-state index in [0.717, 1.165) is 35.3 Å². The first-order chi connectivity index (χ1) is 20.3. The minimum Gasteiger partial charge on any atom is -0.511 e. The summed E-state index contributed by atoms with van der Waals surface area (Å²) in [7, 11) is 5.74. The molecule has 3 unspecified atom stereocenters. The fourth-order valence-corrected chi connectivity index (χ4v) is 7.80. The van der Waals surface area contributed by atoms with Crippen LogP contribution in [0.25, 0.3) is 11.1 Å². The Morgan fingerprint density at radius 3 is 2.44 bits per heavy atom. The maximum Gasteiger partial charge on any atom is 0.252 e. The van der Waals surface area contributed by atoms with Gasteiger partial charge in [-0.15, -0.1) is 0 Å². The summed E-state index contributed by atoms with van der Waals surface area (Å²) in [6.07, 6.45) is 2.63. The minimum absolute atomic E-state index is 0.0132. The number of hydrogen-bond acceptors (Lipinski definition) is 7. The van der Waals surface area contributed by atoms with Crippen molar-refractivity contribution in [1.29, 1.82) is 0 Å². The number of nitrogens with zero attached hydrogens (tertiary/aromatic N) is 2. The van der Waals surface area contributed by atoms with Gasteiger partial charge in [0.1, 0.15) is 17.3 Å². The third-order valence-corrected chi connectivity index (χ3v) is 9.22. The third kappa shape index (κ3) is 5.27. The summed E-state index contributed by atoms with van der Waals surface area (Å²) in [6.45, 7) is 7.89. The van der Waals surface area contributed by atoms with Gasteiger partial charge in [0.25, 0.3) is 5.91 Å². The molecule has 2 aromatic carbocycles. The lowest BCUT2D eigenvalue weighted by molar-refractivity contribution is -0.114. The number of carbonyl (C=O) groups is 2. The van der Waals surface area contributed by atoms with Crippen LogP contribution >= 0.6 is 0 Å². The van der Waals surface area contributed by atoms with E-state index in [9.17, 15) is 24.9 Å². The third-order valence-electron chi connectivity index (χ3n) is 9.22. The Morgan fingerprint density at radius 1 is 1.09 bits per heavy atom. The van der Waals surface area contributed by atoms with Gasteiger partial charge in [-0.25, -0.2) is 0 Å². The lowest BCUT2D eigenvalue weighted by atomic mass is 9.59. The number of ketones is 1. The molecule has 3 aliphatic carbocycles. The van der Waals surface area contributed by atoms with Gasteiger partial charge in [0, 0.05) is 24.6 Å². The van der Waals surface area contributed by atoms with Gasteiger partial charge in [0.05, 0.1) is 17.2 Å². The lowest BCUT2D eigenvalue weighted by Gasteiger charge is -2.48. The number of aliphatic hydroxyl groups excluding tert-OH is 2. The summed E-state index contributed by atoms with van der Waals surface area (Å²) < 4.78 is 0. The van der Waals surface area contributed by atoms with Gasteiger partial charge in [0.2, 0.25) is 0 Å². The van der Waals surface area contributed by atoms with E-state index in [2.05, 4.69) is 37.9 Å². The van der Waals surface area contributed by atoms with E-state index in [1.54, 1.807) is 19.1 Å². The summed E-state index contributed by atoms with van der Waals surface area (Å²) in [5, 5.41) is 34.0. The predicted molar refractivity (Wildman–Crippen MR) is 168 cm³/mol. The van der Waals surface area contributed by atoms with Crippen LogP contribution < -0.4 is 5.73 Å². The van der Waals surface area contributed by atoms with Gasteiger partial charge in [-0.05, 0) is 98.6 Å². The first-order valence-electron chi connectivity index (χ1n) is 15.0. The van der Waals surface area contributed by atoms with E-state index >= 15 is 0 Å². The molecule has 0 heterocycles. The summed E-state index contributed by atoms with van der Waals surface area (Å²) in [5.74, 6) is -2.27. The summed E-state index contributed by atoms with van der Waals surface area (Å²) in [6, 6.07) is 11.1. The fourth-order valence-electron chi connectivity index (χ4n) is 7.80. The highest BCUT2D eigenvalue weighted by molar-refractivity contribution is 6.14. The Labute approximate surface area is 253 Å². The fraction of sp³-hybridized carbons (Fsp3) is 0.429. The average molecular weight is 586 g/mol. The van der Waals surface area contributed by atoms with Crippen LogP contribution in [0.3, 0.4) is 0 Å². The molecule has 2 aromatic rings. The van der Waals surface area contributed by atoms with Crippen LogP contribution in [-0.4, -0.2) is 70.5 Å². The van der Waals surface area contributed by atoms with Crippen molar-refractivity contribution in [1.82, 2.24) is 9.80 Å². The molecule has 3 aliphatic rings. The zero-order valence-corrected chi connectivity index (χ0v) is 25.9. The number of phenols is 1. The number of Topliss-reactive ketones (excluding diaryl/α,β-unsaturated/α-hetero) is 1. The van der Waals surface area contributed by atoms with Crippen LogP contribution in [0.5, 0.6) is 5.75 Å². The molecule has 1 amide bonds. The molecular weight excluding hydrogens is 542 g/mol. The monoisotopic (exact) mass is 585 g/mol. The number of benzene rings is 2. The molecule has 5 rings (SSSR count). The molecule has 228 valence electrons. The molecule has 8 heteroatoms. The van der Waals surface area contributed by atoms with Crippen molar-refractivity contribution in [3.8, 4) is 16.9 Å². The number of likely N-dealkylation sites (N-methyl/N-ethyl adjacent to an activating group) is 1. The number of phenolic OH excluding ortho intramolecular Hbond substituents is 1. The van der Waals surface area contributed by atoms with Crippen molar-refractivity contribution in [2.75, 3.05) is 27.7 Å². The van der Waals surface area contributed by atoms with Crippen LogP contribution in [0, 0.1) is 23.7 Å². The van der Waals surface area contributed by atoms with Crippen LogP contribution in [0.1, 0.15) is 48.7 Å². The zero-order chi connectivity index (χ0) is 31.3. The smallest absolute Gasteiger partial charge is 0.252 e. The Balaban J connectivity index is 1.61. The van der Waals surface area contributed by atoms with Gasteiger partial charge < -0.3 is 26.0 Å². The molecule has 0 saturated heterocycles. The zero-order valence-electron chi connectivity index (χ0n) is 25.9. The van der Waals surface area contributed by atoms with E-state index in [-0.39, 0.29) is 45.8 Å². The Bertz CT molecular complexity index is 1570. The van der Waals surface area contributed by atoms with Gasteiger partial charge in [-0.3, -0.25) is 14.5 Å². The van der Waals surface area contributed by atoms with E-state index < -0.39 is 23.7 Å². The highest BCUT2D eigenvalue weighted by atomic mass is 16.3. The first kappa shape index (κ1) is 30.6. The summed E-state index contributed by atoms with van der Waals surface area (Å²) >= 11 is 0. The van der Waals surface area contributed by atoms with Crippen molar-refractivity contribution < 1.29 is 24.9 Å². The average Bonchev–Trinajstić information content (AvgIpc) is 2.91. The highest BCUT2D eigenvalue weighted by Gasteiger charge is 2.52. The number of fused-ring (bicyclic) bond motifs is 3. The minimum atomic E-state index is -0.781. The number of carbonyl (C=O) groups excluding carboxylic acids is 2. The van der Waals surface area contributed by atoms with E-state index in [4.69, 9.17) is 5.73 Å². The predicted octanol–water partition coefficient (Wildman–Crippen LogP) is 5.14. The Kier molecular flexibility index (Phi) is 8.29. The second-order valence-electron chi connectivity index (χ2n) is 13.0. The van der Waals surface area contributed by atoms with Crippen LogP contribution in [0.2, 0.25) is 0 Å². The molecule has 4 atom stereocenters. The molecule has 0 aliphatic heterocycles. The molecule has 0 spiro atoms. The number of amides is 1. The highest BCUT2D eigenvalue weighted by Crippen LogP contribution is 2.53. The SMILES string of the molecule is C/C=C1/C(C(N)=O)=C(O)[C@@H](N(C)C)C2CC3Cc4c(-c5cccc(CN(C)CC(C)C)c5)ccc(O)c4C(=O)C3=C(O)C12. The molecule has 0 bridgehead atoms. The Morgan fingerprint density at radius 2 is 1.81 bits per heavy atom. The standard InChI is InChI=1S/C35H43N3O5/c1-7-22-28-25(31(37(4)5)34(42)30(22)35(36)43)15-21-14-24-23(11-12-26(39)29(24)33(41)27(21)32(28)40)20-10-8-9-19(13-20)17-38(6)16-18(2)3/h7-13,18,21,25,28,31,39-40,42H,14-17H2,1-6H3,(H2,36,43)/b22-7+/t21?,25?,28?,31-/m0/s1. The van der Waals surface area contributed by atoms with Gasteiger partial charge in [-0.2, -0.15) is 0 Å². The molecule has 0 fully saturated rings. The number of hydrogen-bond donors (Lipinski definition) is 4. The van der Waals surface area contributed by atoms with Gasteiger partial charge in [-0.1, -0.05) is 44.2 Å². The van der Waals surface area contributed by atoms with Crippen LogP contribution in [0.15, 0.2) is 70.7 Å². The molecule has 5 N–H and O–H groups in total. The van der Waals surface area contributed by atoms with Crippen molar-refractivity contribution in [2.45, 2.75) is 46.2 Å². The molecule has 8 nitrogen and oxygen atoms in total. The summed E-state index contributed by atoms with van der Waals surface area (Å²) in [5.41, 5.74) is 10.4. The molecule has 0 saturated carbocycles. The van der Waals surface area contributed by atoms with Crippen molar-refractivity contribution in [3.63, 3.8) is 0 Å².